The van der Waals surface area contributed by atoms with E-state index in [1.54, 1.807) is 4.90 Å². The number of hydrogen-bond donors (Lipinski definition) is 0. The van der Waals surface area contributed by atoms with Crippen molar-refractivity contribution in [2.24, 2.45) is 0 Å². The van der Waals surface area contributed by atoms with E-state index in [1.807, 2.05) is 43.6 Å². The Labute approximate surface area is 156 Å². The topological polar surface area (TPSA) is 49.3 Å². The molecule has 2 heterocycles. The van der Waals surface area contributed by atoms with Crippen LogP contribution in [0.1, 0.15) is 49.4 Å². The standard InChI is InChI=1S/C21H28N4O/c1-3-4-14-24(2)20(26)18-10-8-17(9-11-18)19-12-13-22-21(23-19)25-15-6-5-7-16-25/h8-13H,3-7,14-16H2,1-2H3. The molecule has 1 saturated heterocycles. The molecular weight excluding hydrogens is 324 g/mol. The Morgan fingerprint density at radius 3 is 2.54 bits per heavy atom. The Balaban J connectivity index is 1.73. The van der Waals surface area contributed by atoms with Crippen LogP contribution in [0.5, 0.6) is 0 Å². The Hall–Kier alpha value is -2.43. The van der Waals surface area contributed by atoms with Crippen molar-refractivity contribution in [1.82, 2.24) is 14.9 Å². The van der Waals surface area contributed by atoms with Gasteiger partial charge in [0, 0.05) is 44.0 Å². The molecule has 1 aliphatic rings. The molecule has 3 rings (SSSR count). The zero-order valence-corrected chi connectivity index (χ0v) is 15.8. The van der Waals surface area contributed by atoms with E-state index in [2.05, 4.69) is 16.8 Å². The molecule has 1 aliphatic heterocycles. The molecule has 0 unspecified atom stereocenters. The van der Waals surface area contributed by atoms with Gasteiger partial charge in [0.15, 0.2) is 0 Å². The summed E-state index contributed by atoms with van der Waals surface area (Å²) in [6, 6.07) is 9.66. The summed E-state index contributed by atoms with van der Waals surface area (Å²) in [5.74, 6) is 0.878. The maximum Gasteiger partial charge on any atom is 0.253 e. The van der Waals surface area contributed by atoms with E-state index in [4.69, 9.17) is 4.98 Å². The van der Waals surface area contributed by atoms with E-state index in [0.29, 0.717) is 0 Å². The van der Waals surface area contributed by atoms with Crippen molar-refractivity contribution in [3.63, 3.8) is 0 Å². The van der Waals surface area contributed by atoms with E-state index in [1.165, 1.54) is 19.3 Å². The third-order valence-corrected chi connectivity index (χ3v) is 4.90. The lowest BCUT2D eigenvalue weighted by molar-refractivity contribution is 0.0793. The van der Waals surface area contributed by atoms with Crippen molar-refractivity contribution in [1.29, 1.82) is 0 Å². The maximum absolute atomic E-state index is 12.5. The van der Waals surface area contributed by atoms with E-state index < -0.39 is 0 Å². The molecule has 1 aromatic carbocycles. The molecule has 5 nitrogen and oxygen atoms in total. The number of carbonyl (C=O) groups excluding carboxylic acids is 1. The highest BCUT2D eigenvalue weighted by Crippen LogP contribution is 2.22. The van der Waals surface area contributed by atoms with Crippen LogP contribution in [0.25, 0.3) is 11.3 Å². The monoisotopic (exact) mass is 352 g/mol. The molecule has 0 aliphatic carbocycles. The van der Waals surface area contributed by atoms with Gasteiger partial charge in [-0.1, -0.05) is 25.5 Å². The van der Waals surface area contributed by atoms with Gasteiger partial charge >= 0.3 is 0 Å². The van der Waals surface area contributed by atoms with Crippen LogP contribution in [0.2, 0.25) is 0 Å². The highest BCUT2D eigenvalue weighted by atomic mass is 16.2. The highest BCUT2D eigenvalue weighted by Gasteiger charge is 2.15. The number of benzene rings is 1. The molecular formula is C21H28N4O. The summed E-state index contributed by atoms with van der Waals surface area (Å²) in [5.41, 5.74) is 2.63. The Morgan fingerprint density at radius 1 is 1.12 bits per heavy atom. The van der Waals surface area contributed by atoms with Gasteiger partial charge in [-0.2, -0.15) is 0 Å². The van der Waals surface area contributed by atoms with Gasteiger partial charge in [0.05, 0.1) is 5.69 Å². The summed E-state index contributed by atoms with van der Waals surface area (Å²) < 4.78 is 0. The van der Waals surface area contributed by atoms with Crippen LogP contribution in [0.4, 0.5) is 5.95 Å². The number of aromatic nitrogens is 2. The first kappa shape index (κ1) is 18.4. The number of piperidine rings is 1. The van der Waals surface area contributed by atoms with Crippen molar-refractivity contribution in [2.45, 2.75) is 39.0 Å². The minimum Gasteiger partial charge on any atom is -0.342 e. The van der Waals surface area contributed by atoms with Crippen LogP contribution in [0.15, 0.2) is 36.5 Å². The Kier molecular flexibility index (Phi) is 6.21. The van der Waals surface area contributed by atoms with E-state index in [9.17, 15) is 4.79 Å². The summed E-state index contributed by atoms with van der Waals surface area (Å²) >= 11 is 0. The van der Waals surface area contributed by atoms with Crippen molar-refractivity contribution in [2.75, 3.05) is 31.6 Å². The predicted octanol–water partition coefficient (Wildman–Crippen LogP) is 4.01. The molecule has 1 aromatic heterocycles. The number of hydrogen-bond acceptors (Lipinski definition) is 4. The number of nitrogens with zero attached hydrogens (tertiary/aromatic N) is 4. The van der Waals surface area contributed by atoms with E-state index in [-0.39, 0.29) is 5.91 Å². The maximum atomic E-state index is 12.5. The molecule has 1 fully saturated rings. The molecule has 0 N–H and O–H groups in total. The van der Waals surface area contributed by atoms with Gasteiger partial charge in [-0.3, -0.25) is 4.79 Å². The molecule has 0 saturated carbocycles. The van der Waals surface area contributed by atoms with Gasteiger partial charge in [-0.05, 0) is 43.9 Å². The van der Waals surface area contributed by atoms with Crippen molar-refractivity contribution < 1.29 is 4.79 Å². The molecule has 138 valence electrons. The third kappa shape index (κ3) is 4.40. The molecule has 0 spiro atoms. The van der Waals surface area contributed by atoms with Crippen LogP contribution < -0.4 is 4.90 Å². The lowest BCUT2D eigenvalue weighted by Crippen LogP contribution is -2.30. The van der Waals surface area contributed by atoms with Gasteiger partial charge in [0.2, 0.25) is 5.95 Å². The molecule has 0 bridgehead atoms. The van der Waals surface area contributed by atoms with Crippen LogP contribution in [0.3, 0.4) is 0 Å². The fourth-order valence-electron chi connectivity index (χ4n) is 3.26. The second-order valence-electron chi connectivity index (χ2n) is 6.95. The fraction of sp³-hybridized carbons (Fsp3) is 0.476. The summed E-state index contributed by atoms with van der Waals surface area (Å²) in [7, 11) is 1.86. The summed E-state index contributed by atoms with van der Waals surface area (Å²) in [6.07, 6.45) is 7.64. The van der Waals surface area contributed by atoms with Crippen LogP contribution in [-0.2, 0) is 0 Å². The van der Waals surface area contributed by atoms with Gasteiger partial charge in [0.25, 0.3) is 5.91 Å². The molecule has 5 heteroatoms. The number of amides is 1. The molecule has 26 heavy (non-hydrogen) atoms. The second kappa shape index (κ2) is 8.79. The lowest BCUT2D eigenvalue weighted by atomic mass is 10.1. The van der Waals surface area contributed by atoms with Gasteiger partial charge in [0.1, 0.15) is 0 Å². The zero-order chi connectivity index (χ0) is 18.4. The average Bonchev–Trinajstić information content (AvgIpc) is 2.72. The average molecular weight is 352 g/mol. The molecule has 0 atom stereocenters. The zero-order valence-electron chi connectivity index (χ0n) is 15.8. The van der Waals surface area contributed by atoms with E-state index >= 15 is 0 Å². The molecule has 0 radical (unpaired) electrons. The molecule has 1 amide bonds. The van der Waals surface area contributed by atoms with Crippen molar-refractivity contribution in [3.05, 3.63) is 42.1 Å². The quantitative estimate of drug-likeness (QED) is 0.788. The first-order chi connectivity index (χ1) is 12.7. The summed E-state index contributed by atoms with van der Waals surface area (Å²) in [4.78, 5) is 25.7. The SMILES string of the molecule is CCCCN(C)C(=O)c1ccc(-c2ccnc(N3CCCCC3)n2)cc1. The number of rotatable bonds is 6. The van der Waals surface area contributed by atoms with Crippen LogP contribution >= 0.6 is 0 Å². The first-order valence-corrected chi connectivity index (χ1v) is 9.63. The van der Waals surface area contributed by atoms with Crippen molar-refractivity contribution in [3.8, 4) is 11.3 Å². The highest BCUT2D eigenvalue weighted by molar-refractivity contribution is 5.94. The number of unbranched alkanes of at least 4 members (excludes halogenated alkanes) is 1. The number of carbonyl (C=O) groups is 1. The second-order valence-corrected chi connectivity index (χ2v) is 6.95. The van der Waals surface area contributed by atoms with Gasteiger partial charge in [-0.15, -0.1) is 0 Å². The minimum atomic E-state index is 0.0710. The Bertz CT molecular complexity index is 723. The summed E-state index contributed by atoms with van der Waals surface area (Å²) in [6.45, 7) is 4.98. The number of anilines is 1. The lowest BCUT2D eigenvalue weighted by Gasteiger charge is -2.26. The minimum absolute atomic E-state index is 0.0710. The first-order valence-electron chi connectivity index (χ1n) is 9.63. The largest absolute Gasteiger partial charge is 0.342 e. The fourth-order valence-corrected chi connectivity index (χ4v) is 3.26. The summed E-state index contributed by atoms with van der Waals surface area (Å²) in [5, 5.41) is 0. The molecule has 2 aromatic rings. The Morgan fingerprint density at radius 2 is 1.85 bits per heavy atom. The van der Waals surface area contributed by atoms with Gasteiger partial charge in [-0.25, -0.2) is 9.97 Å². The van der Waals surface area contributed by atoms with Crippen LogP contribution in [-0.4, -0.2) is 47.5 Å². The smallest absolute Gasteiger partial charge is 0.253 e. The van der Waals surface area contributed by atoms with Gasteiger partial charge < -0.3 is 9.80 Å². The van der Waals surface area contributed by atoms with Crippen molar-refractivity contribution >= 4 is 11.9 Å². The third-order valence-electron chi connectivity index (χ3n) is 4.90. The predicted molar refractivity (Wildman–Crippen MR) is 105 cm³/mol. The van der Waals surface area contributed by atoms with Crippen LogP contribution in [0, 0.1) is 0 Å². The normalized spacial score (nSPS) is 14.3. The van der Waals surface area contributed by atoms with E-state index in [0.717, 1.165) is 55.2 Å².